The summed E-state index contributed by atoms with van der Waals surface area (Å²) >= 11 is 0. The van der Waals surface area contributed by atoms with E-state index in [1.54, 1.807) is 0 Å². The zero-order chi connectivity index (χ0) is 18.8. The van der Waals surface area contributed by atoms with Gasteiger partial charge in [-0.3, -0.25) is 9.69 Å². The molecule has 1 saturated heterocycles. The second-order valence-corrected chi connectivity index (χ2v) is 12.8. The fourth-order valence-electron chi connectivity index (χ4n) is 2.33. The van der Waals surface area contributed by atoms with E-state index in [0.29, 0.717) is 13.1 Å². The second-order valence-electron chi connectivity index (χ2n) is 8.09. The Bertz CT molecular complexity index is 598. The van der Waals surface area contributed by atoms with E-state index in [-0.39, 0.29) is 23.5 Å². The fraction of sp³-hybridized carbons (Fsp3) is 0.647. The van der Waals surface area contributed by atoms with Gasteiger partial charge >= 0.3 is 0 Å². The maximum absolute atomic E-state index is 12.8. The van der Waals surface area contributed by atoms with Crippen LogP contribution in [-0.4, -0.2) is 61.1 Å². The number of aliphatic hydroxyl groups excluding tert-OH is 1. The maximum atomic E-state index is 12.8. The minimum absolute atomic E-state index is 0.162. The Kier molecular flexibility index (Phi) is 5.98. The number of halogens is 1. The zero-order valence-electron chi connectivity index (χ0n) is 15.5. The predicted octanol–water partition coefficient (Wildman–Crippen LogP) is 2.23. The van der Waals surface area contributed by atoms with Crippen molar-refractivity contribution in [3.05, 3.63) is 24.1 Å². The lowest BCUT2D eigenvalue weighted by molar-refractivity contribution is -0.126. The van der Waals surface area contributed by atoms with Crippen molar-refractivity contribution in [2.45, 2.75) is 51.1 Å². The van der Waals surface area contributed by atoms with Crippen molar-refractivity contribution in [3.63, 3.8) is 0 Å². The summed E-state index contributed by atoms with van der Waals surface area (Å²) in [5.74, 6) is -0.812. The molecule has 0 saturated carbocycles. The van der Waals surface area contributed by atoms with Gasteiger partial charge in [0.1, 0.15) is 17.7 Å². The molecule has 6 nitrogen and oxygen atoms in total. The normalized spacial score (nSPS) is 17.9. The third-order valence-corrected chi connectivity index (χ3v) is 9.44. The number of hydrogen-bond donors (Lipinski definition) is 2. The van der Waals surface area contributed by atoms with Crippen LogP contribution in [0.2, 0.25) is 18.1 Å². The number of carbonyl (C=O) groups excluding carboxylic acids is 1. The van der Waals surface area contributed by atoms with Gasteiger partial charge in [-0.1, -0.05) is 20.8 Å². The van der Waals surface area contributed by atoms with Crippen molar-refractivity contribution < 1.29 is 18.7 Å². The molecule has 8 heteroatoms. The number of nitrogens with one attached hydrogen (secondary N) is 1. The highest BCUT2D eigenvalue weighted by Gasteiger charge is 2.42. The third kappa shape index (κ3) is 5.31. The SMILES string of the molecule is CC(C)(C)[Si](C)(C)OC1CN(CC(O)C(=O)Nc2ccc(F)cn2)C1. The van der Waals surface area contributed by atoms with Gasteiger partial charge in [-0.15, -0.1) is 0 Å². The molecule has 0 spiro atoms. The highest BCUT2D eigenvalue weighted by Crippen LogP contribution is 2.38. The first kappa shape index (κ1) is 20.0. The lowest BCUT2D eigenvalue weighted by Crippen LogP contribution is -2.59. The zero-order valence-corrected chi connectivity index (χ0v) is 16.5. The largest absolute Gasteiger partial charge is 0.411 e. The van der Waals surface area contributed by atoms with Gasteiger partial charge in [0.25, 0.3) is 5.91 Å². The quantitative estimate of drug-likeness (QED) is 0.752. The van der Waals surface area contributed by atoms with E-state index in [1.165, 1.54) is 12.1 Å². The van der Waals surface area contributed by atoms with Crippen LogP contribution in [0, 0.1) is 5.82 Å². The molecule has 1 amide bonds. The number of β-amino-alcohol motifs (C(OH)–C–C–N with tert-alkyl or cyclic N) is 1. The van der Waals surface area contributed by atoms with Gasteiger partial charge in [-0.2, -0.15) is 0 Å². The smallest absolute Gasteiger partial charge is 0.255 e. The minimum Gasteiger partial charge on any atom is -0.411 e. The molecule has 0 radical (unpaired) electrons. The molecule has 1 aliphatic heterocycles. The fourth-order valence-corrected chi connectivity index (χ4v) is 3.66. The molecule has 1 atom stereocenters. The average molecular weight is 370 g/mol. The van der Waals surface area contributed by atoms with Crippen LogP contribution in [0.1, 0.15) is 20.8 Å². The number of pyridine rings is 1. The lowest BCUT2D eigenvalue weighted by Gasteiger charge is -2.46. The van der Waals surface area contributed by atoms with Crippen LogP contribution < -0.4 is 5.32 Å². The van der Waals surface area contributed by atoms with Crippen LogP contribution in [0.3, 0.4) is 0 Å². The third-order valence-electron chi connectivity index (χ3n) is 4.90. The van der Waals surface area contributed by atoms with Crippen LogP contribution in [-0.2, 0) is 9.22 Å². The van der Waals surface area contributed by atoms with E-state index in [2.05, 4.69) is 44.2 Å². The number of rotatable bonds is 6. The van der Waals surface area contributed by atoms with Crippen molar-refractivity contribution >= 4 is 20.0 Å². The summed E-state index contributed by atoms with van der Waals surface area (Å²) in [6.45, 7) is 12.7. The molecule has 1 aromatic rings. The average Bonchev–Trinajstić information content (AvgIpc) is 2.45. The number of likely N-dealkylation sites (tertiary alicyclic amines) is 1. The van der Waals surface area contributed by atoms with Crippen LogP contribution >= 0.6 is 0 Å². The molecule has 1 aromatic heterocycles. The molecule has 2 N–H and O–H groups in total. The molecule has 1 fully saturated rings. The summed E-state index contributed by atoms with van der Waals surface area (Å²) < 4.78 is 19.1. The van der Waals surface area contributed by atoms with Gasteiger partial charge in [-0.25, -0.2) is 9.37 Å². The molecular formula is C17H28FN3O3Si. The number of hydrogen-bond acceptors (Lipinski definition) is 5. The van der Waals surface area contributed by atoms with Crippen molar-refractivity contribution in [2.75, 3.05) is 25.0 Å². The maximum Gasteiger partial charge on any atom is 0.255 e. The Hall–Kier alpha value is -1.35. The molecule has 1 unspecified atom stereocenters. The summed E-state index contributed by atoms with van der Waals surface area (Å²) in [6.07, 6.45) is 0.0100. The van der Waals surface area contributed by atoms with E-state index in [4.69, 9.17) is 4.43 Å². The highest BCUT2D eigenvalue weighted by atomic mass is 28.4. The van der Waals surface area contributed by atoms with Gasteiger partial charge in [-0.05, 0) is 30.3 Å². The number of anilines is 1. The minimum atomic E-state index is -1.79. The van der Waals surface area contributed by atoms with Crippen molar-refractivity contribution in [3.8, 4) is 0 Å². The van der Waals surface area contributed by atoms with Crippen molar-refractivity contribution in [1.82, 2.24) is 9.88 Å². The van der Waals surface area contributed by atoms with Gasteiger partial charge in [0.2, 0.25) is 0 Å². The summed E-state index contributed by atoms with van der Waals surface area (Å²) in [5.41, 5.74) is 0. The lowest BCUT2D eigenvalue weighted by atomic mass is 10.1. The first-order valence-electron chi connectivity index (χ1n) is 8.48. The topological polar surface area (TPSA) is 74.7 Å². The Morgan fingerprint density at radius 3 is 2.64 bits per heavy atom. The van der Waals surface area contributed by atoms with E-state index in [1.807, 2.05) is 4.90 Å². The Balaban J connectivity index is 1.75. The van der Waals surface area contributed by atoms with Crippen LogP contribution in [0.15, 0.2) is 18.3 Å². The Labute approximate surface area is 149 Å². The molecular weight excluding hydrogens is 341 g/mol. The monoisotopic (exact) mass is 369 g/mol. The summed E-state index contributed by atoms with van der Waals surface area (Å²) in [4.78, 5) is 17.7. The second kappa shape index (κ2) is 7.49. The van der Waals surface area contributed by atoms with E-state index >= 15 is 0 Å². The first-order chi connectivity index (χ1) is 11.5. The Morgan fingerprint density at radius 2 is 2.12 bits per heavy atom. The highest BCUT2D eigenvalue weighted by molar-refractivity contribution is 6.74. The number of carbonyl (C=O) groups is 1. The standard InChI is InChI=1S/C17H28FN3O3Si/c1-17(2,3)25(4,5)24-13-9-21(10-13)11-14(22)16(23)20-15-7-6-12(18)8-19-15/h6-8,13-14,22H,9-11H2,1-5H3,(H,19,20,23). The van der Waals surface area contributed by atoms with E-state index in [9.17, 15) is 14.3 Å². The molecule has 0 bridgehead atoms. The number of aromatic nitrogens is 1. The molecule has 140 valence electrons. The molecule has 0 aromatic carbocycles. The summed E-state index contributed by atoms with van der Waals surface area (Å²) in [6, 6.07) is 2.56. The summed E-state index contributed by atoms with van der Waals surface area (Å²) in [7, 11) is -1.79. The summed E-state index contributed by atoms with van der Waals surface area (Å²) in [5, 5.41) is 12.7. The van der Waals surface area contributed by atoms with Gasteiger partial charge < -0.3 is 14.8 Å². The van der Waals surface area contributed by atoms with E-state index in [0.717, 1.165) is 6.20 Å². The number of aliphatic hydroxyl groups is 1. The van der Waals surface area contributed by atoms with Crippen LogP contribution in [0.4, 0.5) is 10.2 Å². The number of nitrogens with zero attached hydrogens (tertiary/aromatic N) is 2. The van der Waals surface area contributed by atoms with Gasteiger partial charge in [0.15, 0.2) is 8.32 Å². The molecule has 2 heterocycles. The van der Waals surface area contributed by atoms with Gasteiger partial charge in [0.05, 0.1) is 12.3 Å². The first-order valence-corrected chi connectivity index (χ1v) is 11.4. The van der Waals surface area contributed by atoms with Gasteiger partial charge in [0, 0.05) is 19.6 Å². The van der Waals surface area contributed by atoms with Crippen LogP contribution in [0.5, 0.6) is 0 Å². The number of amides is 1. The molecule has 2 rings (SSSR count). The molecule has 0 aliphatic carbocycles. The molecule has 1 aliphatic rings. The van der Waals surface area contributed by atoms with Crippen LogP contribution in [0.25, 0.3) is 0 Å². The van der Waals surface area contributed by atoms with E-state index < -0.39 is 26.1 Å². The molecule has 25 heavy (non-hydrogen) atoms. The van der Waals surface area contributed by atoms with Crippen molar-refractivity contribution in [2.24, 2.45) is 0 Å². The Morgan fingerprint density at radius 1 is 1.48 bits per heavy atom. The predicted molar refractivity (Wildman–Crippen MR) is 97.3 cm³/mol. The van der Waals surface area contributed by atoms with Crippen molar-refractivity contribution in [1.29, 1.82) is 0 Å².